The van der Waals surface area contributed by atoms with Gasteiger partial charge in [0.05, 0.1) is 25.6 Å². The highest BCUT2D eigenvalue weighted by Gasteiger charge is 2.64. The van der Waals surface area contributed by atoms with Crippen LogP contribution in [0.3, 0.4) is 0 Å². The van der Waals surface area contributed by atoms with Crippen molar-refractivity contribution in [3.8, 4) is 0 Å². The molecule has 1 aliphatic carbocycles. The highest BCUT2D eigenvalue weighted by atomic mass is 16.5. The van der Waals surface area contributed by atoms with E-state index >= 15 is 0 Å². The van der Waals surface area contributed by atoms with Crippen LogP contribution in [0.25, 0.3) is 0 Å². The molecule has 0 unspecified atom stereocenters. The van der Waals surface area contributed by atoms with Gasteiger partial charge in [0.1, 0.15) is 0 Å². The Balaban J connectivity index is 2.04. The number of esters is 2. The fourth-order valence-corrected chi connectivity index (χ4v) is 1.63. The molecule has 1 saturated heterocycles. The maximum atomic E-state index is 10.9. The highest BCUT2D eigenvalue weighted by molar-refractivity contribution is 5.90. The summed E-state index contributed by atoms with van der Waals surface area (Å²) in [5, 5.41) is 0. The van der Waals surface area contributed by atoms with Crippen molar-refractivity contribution >= 4 is 11.9 Å². The number of methoxy groups -OCH3 is 1. The Morgan fingerprint density at radius 3 is 2.91 bits per heavy atom. The van der Waals surface area contributed by atoms with Crippen LogP contribution in [0.2, 0.25) is 0 Å². The molecule has 4 nitrogen and oxygen atoms in total. The third kappa shape index (κ3) is 0.751. The fourth-order valence-electron chi connectivity index (χ4n) is 1.63. The average molecular weight is 156 g/mol. The van der Waals surface area contributed by atoms with Crippen molar-refractivity contribution in [1.82, 2.24) is 0 Å². The van der Waals surface area contributed by atoms with Gasteiger partial charge in [-0.1, -0.05) is 0 Å². The van der Waals surface area contributed by atoms with Crippen LogP contribution < -0.4 is 0 Å². The molecule has 2 aliphatic rings. The van der Waals surface area contributed by atoms with Crippen LogP contribution >= 0.6 is 0 Å². The van der Waals surface area contributed by atoms with E-state index in [0.29, 0.717) is 6.61 Å². The molecule has 1 saturated carbocycles. The Bertz CT molecular complexity index is 222. The van der Waals surface area contributed by atoms with Gasteiger partial charge in [-0.25, -0.2) is 0 Å². The zero-order chi connectivity index (χ0) is 8.01. The van der Waals surface area contributed by atoms with Crippen LogP contribution in [0.1, 0.15) is 0 Å². The van der Waals surface area contributed by atoms with Crippen molar-refractivity contribution in [2.75, 3.05) is 13.7 Å². The Hall–Kier alpha value is -1.06. The number of hydrogen-bond acceptors (Lipinski definition) is 4. The van der Waals surface area contributed by atoms with Crippen molar-refractivity contribution in [1.29, 1.82) is 0 Å². The molecule has 0 N–H and O–H groups in total. The summed E-state index contributed by atoms with van der Waals surface area (Å²) >= 11 is 0. The SMILES string of the molecule is COC(=O)[C@@H]1[C@H]2COC(=O)[C@H]21. The summed E-state index contributed by atoms with van der Waals surface area (Å²) in [6.45, 7) is 0.392. The zero-order valence-corrected chi connectivity index (χ0v) is 6.07. The summed E-state index contributed by atoms with van der Waals surface area (Å²) in [5.41, 5.74) is 0. The van der Waals surface area contributed by atoms with Gasteiger partial charge in [-0.2, -0.15) is 0 Å². The lowest BCUT2D eigenvalue weighted by atomic mass is 10.3. The topological polar surface area (TPSA) is 52.6 Å². The van der Waals surface area contributed by atoms with Gasteiger partial charge in [0.15, 0.2) is 0 Å². The molecule has 0 aromatic rings. The second kappa shape index (κ2) is 1.96. The monoisotopic (exact) mass is 156 g/mol. The molecule has 0 bridgehead atoms. The van der Waals surface area contributed by atoms with Crippen molar-refractivity contribution in [3.05, 3.63) is 0 Å². The number of fused-ring (bicyclic) bond motifs is 1. The molecule has 60 valence electrons. The van der Waals surface area contributed by atoms with E-state index in [1.54, 1.807) is 0 Å². The Labute approximate surface area is 63.5 Å². The molecule has 1 heterocycles. The van der Waals surface area contributed by atoms with Crippen LogP contribution in [0.15, 0.2) is 0 Å². The highest BCUT2D eigenvalue weighted by Crippen LogP contribution is 2.51. The third-order valence-corrected chi connectivity index (χ3v) is 2.33. The molecule has 3 atom stereocenters. The molecule has 0 amide bonds. The minimum atomic E-state index is -0.281. The number of hydrogen-bond donors (Lipinski definition) is 0. The van der Waals surface area contributed by atoms with Crippen LogP contribution in [0.5, 0.6) is 0 Å². The average Bonchev–Trinajstić information content (AvgIpc) is 2.63. The van der Waals surface area contributed by atoms with E-state index in [1.807, 2.05) is 0 Å². The van der Waals surface area contributed by atoms with Gasteiger partial charge < -0.3 is 9.47 Å². The first-order valence-electron chi connectivity index (χ1n) is 3.50. The largest absolute Gasteiger partial charge is 0.469 e. The van der Waals surface area contributed by atoms with Gasteiger partial charge in [0, 0.05) is 5.92 Å². The van der Waals surface area contributed by atoms with Crippen LogP contribution in [-0.2, 0) is 19.1 Å². The molecule has 0 spiro atoms. The summed E-state index contributed by atoms with van der Waals surface area (Å²) in [4.78, 5) is 21.7. The lowest BCUT2D eigenvalue weighted by Crippen LogP contribution is -2.13. The Morgan fingerprint density at radius 2 is 2.45 bits per heavy atom. The van der Waals surface area contributed by atoms with Gasteiger partial charge in [0.25, 0.3) is 0 Å². The standard InChI is InChI=1S/C7H8O4/c1-10-6(8)4-3-2-11-7(9)5(3)4/h3-5H,2H2,1H3/t3-,4-,5-/m1/s1. The first kappa shape index (κ1) is 6.64. The van der Waals surface area contributed by atoms with E-state index < -0.39 is 0 Å². The second-order valence-electron chi connectivity index (χ2n) is 2.87. The molecule has 11 heavy (non-hydrogen) atoms. The predicted octanol–water partition coefficient (Wildman–Crippen LogP) is -0.422. The number of carbonyl (C=O) groups is 2. The van der Waals surface area contributed by atoms with E-state index in [0.717, 1.165) is 0 Å². The van der Waals surface area contributed by atoms with E-state index in [-0.39, 0.29) is 29.7 Å². The quantitative estimate of drug-likeness (QED) is 0.484. The molecule has 0 aromatic heterocycles. The molecule has 0 radical (unpaired) electrons. The fraction of sp³-hybridized carbons (Fsp3) is 0.714. The molecule has 1 aliphatic heterocycles. The third-order valence-electron chi connectivity index (χ3n) is 2.33. The minimum Gasteiger partial charge on any atom is -0.469 e. The second-order valence-corrected chi connectivity index (χ2v) is 2.87. The maximum absolute atomic E-state index is 10.9. The summed E-state index contributed by atoms with van der Waals surface area (Å²) in [6.07, 6.45) is 0. The summed E-state index contributed by atoms with van der Waals surface area (Å²) < 4.78 is 9.21. The van der Waals surface area contributed by atoms with E-state index in [4.69, 9.17) is 4.74 Å². The van der Waals surface area contributed by atoms with Crippen molar-refractivity contribution in [2.45, 2.75) is 0 Å². The molecule has 2 rings (SSSR count). The van der Waals surface area contributed by atoms with Gasteiger partial charge >= 0.3 is 11.9 Å². The maximum Gasteiger partial charge on any atom is 0.310 e. The smallest absolute Gasteiger partial charge is 0.310 e. The van der Waals surface area contributed by atoms with Crippen molar-refractivity contribution in [3.63, 3.8) is 0 Å². The number of rotatable bonds is 1. The lowest BCUT2D eigenvalue weighted by Gasteiger charge is -2.00. The van der Waals surface area contributed by atoms with Crippen molar-refractivity contribution in [2.24, 2.45) is 17.8 Å². The number of cyclic esters (lactones) is 1. The summed E-state index contributed by atoms with van der Waals surface area (Å²) in [5.74, 6) is -0.819. The number of ether oxygens (including phenoxy) is 2. The predicted molar refractivity (Wildman–Crippen MR) is 33.4 cm³/mol. The van der Waals surface area contributed by atoms with Crippen LogP contribution in [0, 0.1) is 17.8 Å². The van der Waals surface area contributed by atoms with Crippen LogP contribution in [-0.4, -0.2) is 25.7 Å². The molecule has 2 fully saturated rings. The van der Waals surface area contributed by atoms with Gasteiger partial charge in [-0.15, -0.1) is 0 Å². The molecular weight excluding hydrogens is 148 g/mol. The minimum absolute atomic E-state index is 0.106. The van der Waals surface area contributed by atoms with E-state index in [9.17, 15) is 9.59 Å². The van der Waals surface area contributed by atoms with Crippen LogP contribution in [0.4, 0.5) is 0 Å². The lowest BCUT2D eigenvalue weighted by molar-refractivity contribution is -0.150. The molecule has 0 aromatic carbocycles. The number of carbonyl (C=O) groups excluding carboxylic acids is 2. The zero-order valence-electron chi connectivity index (χ0n) is 6.07. The normalized spacial score (nSPS) is 39.4. The molecule has 4 heteroatoms. The van der Waals surface area contributed by atoms with Crippen molar-refractivity contribution < 1.29 is 19.1 Å². The van der Waals surface area contributed by atoms with Gasteiger partial charge in [-0.3, -0.25) is 9.59 Å². The van der Waals surface area contributed by atoms with E-state index in [1.165, 1.54) is 7.11 Å². The van der Waals surface area contributed by atoms with Gasteiger partial charge in [0.2, 0.25) is 0 Å². The summed E-state index contributed by atoms with van der Waals surface area (Å²) in [7, 11) is 1.34. The Morgan fingerprint density at radius 1 is 1.73 bits per heavy atom. The summed E-state index contributed by atoms with van der Waals surface area (Å²) in [6, 6.07) is 0. The first-order valence-corrected chi connectivity index (χ1v) is 3.50. The van der Waals surface area contributed by atoms with E-state index in [2.05, 4.69) is 4.74 Å². The first-order chi connectivity index (χ1) is 5.25. The van der Waals surface area contributed by atoms with Gasteiger partial charge in [-0.05, 0) is 0 Å². The Kier molecular flexibility index (Phi) is 1.19. The molecular formula is C7H8O4.